The SMILES string of the molecule is Cc1cc(CN2C(=O)C(C3=NS(=O)(=O)c4c(CNS(=O)(=O)N5CCC(S(C)(=O)=O)C5)cccc43)=C(O)[C@@H]2C(C)(C)C)ccc1F. The number of aliphatic hydroxyl groups excluding tert-OH is 1. The Balaban J connectivity index is 1.47. The van der Waals surface area contributed by atoms with Crippen molar-refractivity contribution in [3.05, 3.63) is 75.8 Å². The fourth-order valence-corrected chi connectivity index (χ4v) is 9.81. The predicted molar refractivity (Wildman–Crippen MR) is 165 cm³/mol. The maximum atomic E-state index is 13.9. The number of nitrogens with zero attached hydrogens (tertiary/aromatic N) is 3. The molecule has 3 aliphatic heterocycles. The smallest absolute Gasteiger partial charge is 0.283 e. The summed E-state index contributed by atoms with van der Waals surface area (Å²) in [5.74, 6) is -1.41. The molecule has 0 spiro atoms. The highest BCUT2D eigenvalue weighted by Gasteiger charge is 2.49. The van der Waals surface area contributed by atoms with Crippen LogP contribution in [-0.2, 0) is 48.0 Å². The van der Waals surface area contributed by atoms with E-state index in [1.54, 1.807) is 13.0 Å². The van der Waals surface area contributed by atoms with Gasteiger partial charge in [0, 0.05) is 38.0 Å². The van der Waals surface area contributed by atoms with Gasteiger partial charge in [-0.2, -0.15) is 30.3 Å². The molecule has 1 saturated heterocycles. The number of sulfone groups is 1. The van der Waals surface area contributed by atoms with Crippen molar-refractivity contribution >= 4 is 41.7 Å². The Morgan fingerprint density at radius 2 is 1.82 bits per heavy atom. The van der Waals surface area contributed by atoms with Gasteiger partial charge >= 0.3 is 0 Å². The summed E-state index contributed by atoms with van der Waals surface area (Å²) in [5, 5.41) is 10.6. The van der Waals surface area contributed by atoms with Gasteiger partial charge in [0.25, 0.3) is 26.1 Å². The van der Waals surface area contributed by atoms with E-state index in [2.05, 4.69) is 9.12 Å². The summed E-state index contributed by atoms with van der Waals surface area (Å²) in [7, 11) is -12.0. The summed E-state index contributed by atoms with van der Waals surface area (Å²) in [6.07, 6.45) is 1.19. The van der Waals surface area contributed by atoms with Gasteiger partial charge < -0.3 is 10.0 Å². The third kappa shape index (κ3) is 6.17. The molecular weight excluding hydrogens is 648 g/mol. The summed E-state index contributed by atoms with van der Waals surface area (Å²) in [6.45, 7) is 6.38. The zero-order valence-electron chi connectivity index (χ0n) is 25.4. The van der Waals surface area contributed by atoms with Crippen LogP contribution in [0.25, 0.3) is 0 Å². The molecule has 2 aromatic carbocycles. The molecule has 3 aliphatic rings. The molecule has 45 heavy (non-hydrogen) atoms. The number of benzene rings is 2. The second kappa shape index (κ2) is 11.3. The van der Waals surface area contributed by atoms with Crippen molar-refractivity contribution in [3.63, 3.8) is 0 Å². The van der Waals surface area contributed by atoms with Crippen LogP contribution in [0.2, 0.25) is 0 Å². The third-order valence-corrected chi connectivity index (χ3v) is 12.8. The van der Waals surface area contributed by atoms with Crippen LogP contribution in [-0.4, -0.2) is 81.8 Å². The van der Waals surface area contributed by atoms with Gasteiger partial charge in [0.2, 0.25) is 0 Å². The summed E-state index contributed by atoms with van der Waals surface area (Å²) in [5.41, 5.74) is -0.132. The van der Waals surface area contributed by atoms with E-state index in [0.717, 1.165) is 10.6 Å². The summed E-state index contributed by atoms with van der Waals surface area (Å²) < 4.78 is 97.7. The Labute approximate surface area is 262 Å². The molecule has 1 amide bonds. The molecule has 16 heteroatoms. The lowest BCUT2D eigenvalue weighted by Crippen LogP contribution is -2.43. The van der Waals surface area contributed by atoms with Gasteiger partial charge in [0.1, 0.15) is 27.8 Å². The summed E-state index contributed by atoms with van der Waals surface area (Å²) >= 11 is 0. The minimum absolute atomic E-state index is 0.00992. The molecule has 0 radical (unpaired) electrons. The highest BCUT2D eigenvalue weighted by atomic mass is 32.2. The first kappa shape index (κ1) is 33.2. The van der Waals surface area contributed by atoms with Crippen molar-refractivity contribution < 1.29 is 39.5 Å². The zero-order chi connectivity index (χ0) is 33.3. The Hall–Kier alpha value is -3.18. The molecule has 12 nitrogen and oxygen atoms in total. The van der Waals surface area contributed by atoms with Crippen LogP contribution in [0.3, 0.4) is 0 Å². The highest BCUT2D eigenvalue weighted by molar-refractivity contribution is 7.91. The van der Waals surface area contributed by atoms with Crippen molar-refractivity contribution in [1.82, 2.24) is 13.9 Å². The molecule has 2 aromatic rings. The van der Waals surface area contributed by atoms with E-state index in [4.69, 9.17) is 0 Å². The van der Waals surface area contributed by atoms with Gasteiger partial charge in [-0.05, 0) is 41.5 Å². The van der Waals surface area contributed by atoms with Crippen LogP contribution in [0.15, 0.2) is 57.0 Å². The number of rotatable bonds is 8. The molecule has 0 aromatic heterocycles. The maximum Gasteiger partial charge on any atom is 0.283 e. The lowest BCUT2D eigenvalue weighted by molar-refractivity contribution is -0.129. The minimum atomic E-state index is -4.42. The van der Waals surface area contributed by atoms with E-state index in [9.17, 15) is 39.5 Å². The quantitative estimate of drug-likeness (QED) is 0.428. The molecule has 0 saturated carbocycles. The number of aryl methyl sites for hydroxylation is 1. The van der Waals surface area contributed by atoms with Crippen LogP contribution >= 0.6 is 0 Å². The van der Waals surface area contributed by atoms with Crippen molar-refractivity contribution in [1.29, 1.82) is 0 Å². The molecule has 0 bridgehead atoms. The van der Waals surface area contributed by atoms with Gasteiger partial charge in [0.05, 0.1) is 11.3 Å². The van der Waals surface area contributed by atoms with Gasteiger partial charge in [-0.1, -0.05) is 51.1 Å². The molecule has 5 rings (SSSR count). The van der Waals surface area contributed by atoms with Crippen molar-refractivity contribution in [2.24, 2.45) is 9.81 Å². The van der Waals surface area contributed by atoms with Crippen LogP contribution in [0.4, 0.5) is 4.39 Å². The molecule has 1 unspecified atom stereocenters. The maximum absolute atomic E-state index is 13.9. The fourth-order valence-electron chi connectivity index (χ4n) is 6.06. The largest absolute Gasteiger partial charge is 0.509 e. The average molecular weight is 683 g/mol. The lowest BCUT2D eigenvalue weighted by atomic mass is 9.84. The van der Waals surface area contributed by atoms with E-state index in [1.807, 2.05) is 20.8 Å². The predicted octanol–water partition coefficient (Wildman–Crippen LogP) is 2.35. The van der Waals surface area contributed by atoms with Gasteiger partial charge in [-0.25, -0.2) is 12.8 Å². The number of nitrogens with one attached hydrogen (secondary N) is 1. The number of aliphatic hydroxyl groups is 1. The number of carbonyl (C=O) groups is 1. The number of hydrogen-bond donors (Lipinski definition) is 2. The number of carbonyl (C=O) groups excluding carboxylic acids is 1. The lowest BCUT2D eigenvalue weighted by Gasteiger charge is -2.35. The molecule has 2 atom stereocenters. The third-order valence-electron chi connectivity index (χ3n) is 8.25. The number of hydrogen-bond acceptors (Lipinski definition) is 8. The van der Waals surface area contributed by atoms with E-state index in [-0.39, 0.29) is 59.1 Å². The fraction of sp³-hybridized carbons (Fsp3) is 0.448. The average Bonchev–Trinajstić information content (AvgIpc) is 3.59. The van der Waals surface area contributed by atoms with Crippen LogP contribution < -0.4 is 4.72 Å². The van der Waals surface area contributed by atoms with Crippen molar-refractivity contribution in [2.45, 2.75) is 63.4 Å². The van der Waals surface area contributed by atoms with Crippen LogP contribution in [0.1, 0.15) is 49.4 Å². The van der Waals surface area contributed by atoms with E-state index in [0.29, 0.717) is 11.1 Å². The normalized spacial score (nSPS) is 22.3. The highest BCUT2D eigenvalue weighted by Crippen LogP contribution is 2.41. The number of fused-ring (bicyclic) bond motifs is 1. The number of sulfonamides is 1. The number of halogens is 1. The first-order chi connectivity index (χ1) is 20.7. The monoisotopic (exact) mass is 682 g/mol. The Bertz CT molecular complexity index is 1980. The molecule has 3 heterocycles. The van der Waals surface area contributed by atoms with Crippen LogP contribution in [0, 0.1) is 18.2 Å². The molecular formula is C29H35FN4O8S3. The van der Waals surface area contributed by atoms with Crippen LogP contribution in [0.5, 0.6) is 0 Å². The van der Waals surface area contributed by atoms with Crippen molar-refractivity contribution in [3.8, 4) is 0 Å². The molecule has 244 valence electrons. The topological polar surface area (TPSA) is 171 Å². The molecule has 0 aliphatic carbocycles. The first-order valence-electron chi connectivity index (χ1n) is 14.1. The molecule has 1 fully saturated rings. The first-order valence-corrected chi connectivity index (χ1v) is 19.0. The van der Waals surface area contributed by atoms with Gasteiger partial charge in [-0.15, -0.1) is 0 Å². The Kier molecular flexibility index (Phi) is 8.30. The summed E-state index contributed by atoms with van der Waals surface area (Å²) in [6, 6.07) is 7.90. The summed E-state index contributed by atoms with van der Waals surface area (Å²) in [4.78, 5) is 15.0. The van der Waals surface area contributed by atoms with E-state index in [1.165, 1.54) is 35.2 Å². The molecule has 2 N–H and O–H groups in total. The Morgan fingerprint density at radius 3 is 2.42 bits per heavy atom. The zero-order valence-corrected chi connectivity index (χ0v) is 27.9. The van der Waals surface area contributed by atoms with Gasteiger partial charge in [-0.3, -0.25) is 4.79 Å². The minimum Gasteiger partial charge on any atom is -0.509 e. The van der Waals surface area contributed by atoms with E-state index >= 15 is 0 Å². The number of amides is 1. The second-order valence-electron chi connectivity index (χ2n) is 12.7. The second-order valence-corrected chi connectivity index (χ2v) is 18.3. The Morgan fingerprint density at radius 1 is 1.13 bits per heavy atom. The van der Waals surface area contributed by atoms with E-state index < -0.39 is 65.0 Å². The van der Waals surface area contributed by atoms with Gasteiger partial charge in [0.15, 0.2) is 9.84 Å². The van der Waals surface area contributed by atoms with Crippen molar-refractivity contribution in [2.75, 3.05) is 19.3 Å². The standard InChI is InChI=1S/C29H35FN4O8S3/c1-17-13-18(9-10-22(17)30)15-34-27(29(2,3)4)25(35)23(28(34)36)24-21-8-6-7-19(26(21)44(39,40)32-24)14-31-45(41,42)33-12-11-20(16-33)43(5,37)38/h6-10,13,20,27,31,35H,11-12,14-16H2,1-5H3/t20?,27-/m1/s1.